The summed E-state index contributed by atoms with van der Waals surface area (Å²) in [6.45, 7) is 2.19. The predicted octanol–water partition coefficient (Wildman–Crippen LogP) is 3.68. The van der Waals surface area contributed by atoms with Crippen LogP contribution in [0.15, 0.2) is 0 Å². The summed E-state index contributed by atoms with van der Waals surface area (Å²) in [6.07, 6.45) is 6.40. The summed E-state index contributed by atoms with van der Waals surface area (Å²) in [7, 11) is 0. The number of aryl methyl sites for hydroxylation is 1. The number of thiazole rings is 1. The molecule has 0 aliphatic heterocycles. The van der Waals surface area contributed by atoms with Gasteiger partial charge in [-0.25, -0.2) is 4.98 Å². The molecule has 1 aromatic heterocycles. The molecular weight excluding hydrogens is 236 g/mol. The minimum atomic E-state index is 0.708. The summed E-state index contributed by atoms with van der Waals surface area (Å²) in [5.41, 5.74) is 7.18. The lowest BCUT2D eigenvalue weighted by atomic mass is 10.1. The van der Waals surface area contributed by atoms with Gasteiger partial charge in [0.25, 0.3) is 0 Å². The van der Waals surface area contributed by atoms with Gasteiger partial charge in [-0.2, -0.15) is 11.8 Å². The number of nitrogens with two attached hydrogens (primary N) is 1. The average molecular weight is 256 g/mol. The van der Waals surface area contributed by atoms with Gasteiger partial charge in [-0.3, -0.25) is 0 Å². The van der Waals surface area contributed by atoms with E-state index in [1.54, 1.807) is 11.3 Å². The van der Waals surface area contributed by atoms with Crippen LogP contribution in [-0.4, -0.2) is 16.5 Å². The summed E-state index contributed by atoms with van der Waals surface area (Å²) < 4.78 is 0. The van der Waals surface area contributed by atoms with Crippen molar-refractivity contribution in [3.8, 4) is 0 Å². The quantitative estimate of drug-likeness (QED) is 0.817. The molecule has 1 fully saturated rings. The molecule has 1 heterocycles. The van der Waals surface area contributed by atoms with Gasteiger partial charge in [0.15, 0.2) is 0 Å². The van der Waals surface area contributed by atoms with Crippen LogP contribution in [0.2, 0.25) is 0 Å². The average Bonchev–Trinajstić information content (AvgIpc) is 2.88. The molecule has 0 spiro atoms. The van der Waals surface area contributed by atoms with Crippen LogP contribution in [0.5, 0.6) is 0 Å². The van der Waals surface area contributed by atoms with E-state index >= 15 is 0 Å². The third kappa shape index (κ3) is 2.92. The van der Waals surface area contributed by atoms with Gasteiger partial charge < -0.3 is 5.73 Å². The van der Waals surface area contributed by atoms with Crippen LogP contribution in [-0.2, 0) is 6.42 Å². The molecule has 1 aliphatic rings. The number of nitrogen functional groups attached to an aromatic ring is 1. The van der Waals surface area contributed by atoms with Crippen LogP contribution in [0.4, 0.5) is 5.00 Å². The molecular formula is C12H20N2S2. The fourth-order valence-corrected chi connectivity index (χ4v) is 3.90. The van der Waals surface area contributed by atoms with Crippen LogP contribution < -0.4 is 5.73 Å². The van der Waals surface area contributed by atoms with Crippen molar-refractivity contribution in [3.63, 3.8) is 0 Å². The minimum absolute atomic E-state index is 0.708. The second kappa shape index (κ2) is 5.92. The van der Waals surface area contributed by atoms with Crippen LogP contribution in [0.1, 0.15) is 49.2 Å². The first-order chi connectivity index (χ1) is 7.81. The Balaban J connectivity index is 1.97. The molecule has 1 aromatic rings. The lowest BCUT2D eigenvalue weighted by Gasteiger charge is -2.02. The van der Waals surface area contributed by atoms with E-state index < -0.39 is 0 Å². The Bertz CT molecular complexity index is 330. The Morgan fingerprint density at radius 2 is 2.19 bits per heavy atom. The van der Waals surface area contributed by atoms with E-state index in [0.717, 1.165) is 22.9 Å². The smallest absolute Gasteiger partial charge is 0.109 e. The highest BCUT2D eigenvalue weighted by atomic mass is 32.2. The van der Waals surface area contributed by atoms with Crippen LogP contribution in [0.3, 0.4) is 0 Å². The molecule has 1 aliphatic carbocycles. The first kappa shape index (κ1) is 12.2. The number of nitrogens with zero attached hydrogens (tertiary/aromatic N) is 1. The highest BCUT2D eigenvalue weighted by molar-refractivity contribution is 7.99. The zero-order valence-electron chi connectivity index (χ0n) is 9.87. The fraction of sp³-hybridized carbons (Fsp3) is 0.750. The van der Waals surface area contributed by atoms with Gasteiger partial charge in [0, 0.05) is 12.3 Å². The molecule has 0 aromatic carbocycles. The monoisotopic (exact) mass is 256 g/mol. The molecule has 2 rings (SSSR count). The molecule has 16 heavy (non-hydrogen) atoms. The van der Waals surface area contributed by atoms with Crippen LogP contribution in [0, 0.1) is 0 Å². The second-order valence-corrected chi connectivity index (χ2v) is 6.75. The molecule has 2 nitrogen and oxygen atoms in total. The van der Waals surface area contributed by atoms with E-state index in [1.165, 1.54) is 36.4 Å². The molecule has 0 bridgehead atoms. The fourth-order valence-electron chi connectivity index (χ4n) is 2.22. The summed E-state index contributed by atoms with van der Waals surface area (Å²) in [5, 5.41) is 2.25. The van der Waals surface area contributed by atoms with E-state index in [2.05, 4.69) is 6.92 Å². The number of hydrogen-bond acceptors (Lipinski definition) is 4. The molecule has 0 unspecified atom stereocenters. The minimum Gasteiger partial charge on any atom is -0.389 e. The van der Waals surface area contributed by atoms with Crippen molar-refractivity contribution in [2.45, 2.75) is 44.9 Å². The summed E-state index contributed by atoms with van der Waals surface area (Å²) >= 11 is 3.69. The van der Waals surface area contributed by atoms with Gasteiger partial charge in [0.1, 0.15) is 5.00 Å². The highest BCUT2D eigenvalue weighted by Gasteiger charge is 2.21. The Morgan fingerprint density at radius 3 is 2.88 bits per heavy atom. The first-order valence-electron chi connectivity index (χ1n) is 6.14. The third-order valence-electron chi connectivity index (χ3n) is 3.14. The maximum Gasteiger partial charge on any atom is 0.109 e. The molecule has 90 valence electrons. The van der Waals surface area contributed by atoms with E-state index in [-0.39, 0.29) is 0 Å². The number of aromatic nitrogens is 1. The Hall–Kier alpha value is -0.220. The van der Waals surface area contributed by atoms with E-state index in [1.807, 2.05) is 11.8 Å². The summed E-state index contributed by atoms with van der Waals surface area (Å²) in [6, 6.07) is 0. The number of rotatable bonds is 5. The van der Waals surface area contributed by atoms with E-state index in [9.17, 15) is 0 Å². The van der Waals surface area contributed by atoms with Gasteiger partial charge in [-0.05, 0) is 24.3 Å². The molecule has 0 radical (unpaired) electrons. The van der Waals surface area contributed by atoms with Crippen molar-refractivity contribution in [1.29, 1.82) is 0 Å². The molecule has 1 saturated carbocycles. The molecule has 0 atom stereocenters. The van der Waals surface area contributed by atoms with Crippen molar-refractivity contribution in [2.24, 2.45) is 0 Å². The van der Waals surface area contributed by atoms with Gasteiger partial charge in [-0.15, -0.1) is 11.3 Å². The molecule has 0 amide bonds. The third-order valence-corrected chi connectivity index (χ3v) is 5.13. The zero-order valence-corrected chi connectivity index (χ0v) is 11.5. The van der Waals surface area contributed by atoms with Crippen molar-refractivity contribution < 1.29 is 0 Å². The van der Waals surface area contributed by atoms with Gasteiger partial charge in [0.05, 0.1) is 10.7 Å². The van der Waals surface area contributed by atoms with Crippen molar-refractivity contribution >= 4 is 28.1 Å². The predicted molar refractivity (Wildman–Crippen MR) is 74.4 cm³/mol. The molecule has 2 N–H and O–H groups in total. The van der Waals surface area contributed by atoms with Gasteiger partial charge >= 0.3 is 0 Å². The SMILES string of the molecule is CCSCCc1nc(C2CCCC2)sc1N. The van der Waals surface area contributed by atoms with E-state index in [4.69, 9.17) is 10.7 Å². The zero-order chi connectivity index (χ0) is 11.4. The molecule has 0 saturated heterocycles. The lowest BCUT2D eigenvalue weighted by Crippen LogP contribution is -1.96. The van der Waals surface area contributed by atoms with Crippen molar-refractivity contribution in [3.05, 3.63) is 10.7 Å². The highest BCUT2D eigenvalue weighted by Crippen LogP contribution is 2.38. The summed E-state index contributed by atoms with van der Waals surface area (Å²) in [4.78, 5) is 4.74. The van der Waals surface area contributed by atoms with Gasteiger partial charge in [-0.1, -0.05) is 19.8 Å². The van der Waals surface area contributed by atoms with Crippen molar-refractivity contribution in [1.82, 2.24) is 4.98 Å². The Labute approximate surface area is 106 Å². The number of thioether (sulfide) groups is 1. The number of anilines is 1. The normalized spacial score (nSPS) is 17.1. The van der Waals surface area contributed by atoms with Crippen LogP contribution >= 0.6 is 23.1 Å². The largest absolute Gasteiger partial charge is 0.389 e. The second-order valence-electron chi connectivity index (χ2n) is 4.29. The summed E-state index contributed by atoms with van der Waals surface area (Å²) in [5.74, 6) is 3.04. The van der Waals surface area contributed by atoms with Crippen molar-refractivity contribution in [2.75, 3.05) is 17.2 Å². The Morgan fingerprint density at radius 1 is 1.44 bits per heavy atom. The standard InChI is InChI=1S/C12H20N2S2/c1-2-15-8-7-10-11(13)16-12(14-10)9-5-3-4-6-9/h9H,2-8,13H2,1H3. The van der Waals surface area contributed by atoms with Crippen LogP contribution in [0.25, 0.3) is 0 Å². The lowest BCUT2D eigenvalue weighted by molar-refractivity contribution is 0.712. The maximum atomic E-state index is 6.04. The van der Waals surface area contributed by atoms with Gasteiger partial charge in [0.2, 0.25) is 0 Å². The van der Waals surface area contributed by atoms with E-state index in [0.29, 0.717) is 5.92 Å². The topological polar surface area (TPSA) is 38.9 Å². The Kier molecular flexibility index (Phi) is 4.53. The first-order valence-corrected chi connectivity index (χ1v) is 8.11. The molecule has 4 heteroatoms. The number of hydrogen-bond donors (Lipinski definition) is 1. The maximum absolute atomic E-state index is 6.04.